The van der Waals surface area contributed by atoms with Gasteiger partial charge in [0, 0.05) is 18.6 Å². The zero-order valence-corrected chi connectivity index (χ0v) is 13.9. The van der Waals surface area contributed by atoms with Crippen LogP contribution in [0.15, 0.2) is 6.07 Å². The highest BCUT2D eigenvalue weighted by Gasteiger charge is 2.28. The molecule has 1 heterocycles. The Balaban J connectivity index is 2.45. The molecule has 20 heavy (non-hydrogen) atoms. The summed E-state index contributed by atoms with van der Waals surface area (Å²) in [6.45, 7) is 12.6. The Bertz CT molecular complexity index is 481. The third kappa shape index (κ3) is 2.58. The Kier molecular flexibility index (Phi) is 4.74. The monoisotopic (exact) mass is 275 g/mol. The van der Waals surface area contributed by atoms with E-state index in [4.69, 9.17) is 4.74 Å². The lowest BCUT2D eigenvalue weighted by Crippen LogP contribution is -2.44. The number of fused-ring (bicyclic) bond motifs is 1. The van der Waals surface area contributed by atoms with Gasteiger partial charge in [-0.2, -0.15) is 0 Å². The molecule has 1 aromatic carbocycles. The molecule has 0 N–H and O–H groups in total. The fourth-order valence-electron chi connectivity index (χ4n) is 3.56. The molecule has 0 aliphatic carbocycles. The van der Waals surface area contributed by atoms with Gasteiger partial charge < -0.3 is 4.74 Å². The third-order valence-electron chi connectivity index (χ3n) is 5.05. The van der Waals surface area contributed by atoms with Crippen molar-refractivity contribution >= 4 is 0 Å². The summed E-state index contributed by atoms with van der Waals surface area (Å²) in [5, 5.41) is 0. The Morgan fingerprint density at radius 1 is 1.40 bits per heavy atom. The van der Waals surface area contributed by atoms with Crippen LogP contribution in [0.2, 0.25) is 0 Å². The highest BCUT2D eigenvalue weighted by atomic mass is 16.5. The van der Waals surface area contributed by atoms with Gasteiger partial charge in [0.25, 0.3) is 0 Å². The van der Waals surface area contributed by atoms with Crippen LogP contribution in [0.1, 0.15) is 56.4 Å². The fraction of sp³-hybridized carbons (Fsp3) is 0.667. The van der Waals surface area contributed by atoms with Crippen LogP contribution in [0.5, 0.6) is 5.75 Å². The predicted molar refractivity (Wildman–Crippen MR) is 85.6 cm³/mol. The molecule has 0 amide bonds. The lowest BCUT2D eigenvalue weighted by Gasteiger charge is -2.40. The molecule has 0 saturated carbocycles. The molecule has 2 nitrogen and oxygen atoms in total. The van der Waals surface area contributed by atoms with Gasteiger partial charge in [-0.25, -0.2) is 0 Å². The normalized spacial score (nSPS) is 20.6. The van der Waals surface area contributed by atoms with Gasteiger partial charge in [-0.05, 0) is 68.4 Å². The Hall–Kier alpha value is -1.02. The van der Waals surface area contributed by atoms with Crippen LogP contribution in [0.25, 0.3) is 0 Å². The van der Waals surface area contributed by atoms with Crippen molar-refractivity contribution in [2.24, 2.45) is 0 Å². The maximum Gasteiger partial charge on any atom is 0.122 e. The smallest absolute Gasteiger partial charge is 0.122 e. The van der Waals surface area contributed by atoms with Gasteiger partial charge in [-0.3, -0.25) is 4.90 Å². The molecule has 2 atom stereocenters. The van der Waals surface area contributed by atoms with Crippen molar-refractivity contribution in [3.63, 3.8) is 0 Å². The molecular weight excluding hydrogens is 246 g/mol. The van der Waals surface area contributed by atoms with E-state index in [0.29, 0.717) is 12.1 Å². The van der Waals surface area contributed by atoms with Gasteiger partial charge in [0.2, 0.25) is 0 Å². The second-order valence-electron chi connectivity index (χ2n) is 6.16. The van der Waals surface area contributed by atoms with Crippen molar-refractivity contribution in [2.45, 2.75) is 72.5 Å². The lowest BCUT2D eigenvalue weighted by atomic mass is 9.87. The standard InChI is InChI=1S/C18H29NO/c1-7-12(3)19-11-17-14(5)16(8-2)18(20-6)10-15(17)9-13(19)4/h10,12-13H,7-9,11H2,1-6H3. The minimum Gasteiger partial charge on any atom is -0.496 e. The molecule has 2 rings (SSSR count). The van der Waals surface area contributed by atoms with Crippen molar-refractivity contribution < 1.29 is 4.74 Å². The molecule has 0 bridgehead atoms. The average Bonchev–Trinajstić information content (AvgIpc) is 2.45. The second kappa shape index (κ2) is 6.17. The van der Waals surface area contributed by atoms with Crippen molar-refractivity contribution in [3.05, 3.63) is 28.3 Å². The average molecular weight is 275 g/mol. The van der Waals surface area contributed by atoms with Crippen molar-refractivity contribution in [2.75, 3.05) is 7.11 Å². The Labute approximate surface area is 124 Å². The van der Waals surface area contributed by atoms with Gasteiger partial charge in [0.1, 0.15) is 5.75 Å². The third-order valence-corrected chi connectivity index (χ3v) is 5.05. The fourth-order valence-corrected chi connectivity index (χ4v) is 3.56. The van der Waals surface area contributed by atoms with E-state index in [0.717, 1.165) is 25.1 Å². The Morgan fingerprint density at radius 3 is 2.65 bits per heavy atom. The summed E-state index contributed by atoms with van der Waals surface area (Å²) in [6.07, 6.45) is 3.40. The SMILES string of the molecule is CCc1c(OC)cc2c(c1C)CN(C(C)CC)C(C)C2. The number of nitrogens with zero attached hydrogens (tertiary/aromatic N) is 1. The largest absolute Gasteiger partial charge is 0.496 e. The zero-order valence-electron chi connectivity index (χ0n) is 13.9. The van der Waals surface area contributed by atoms with Gasteiger partial charge in [-0.1, -0.05) is 13.8 Å². The summed E-state index contributed by atoms with van der Waals surface area (Å²) in [5.74, 6) is 1.08. The summed E-state index contributed by atoms with van der Waals surface area (Å²) in [7, 11) is 1.79. The Morgan fingerprint density at radius 2 is 2.10 bits per heavy atom. The van der Waals surface area contributed by atoms with Crippen LogP contribution in [-0.4, -0.2) is 24.1 Å². The summed E-state index contributed by atoms with van der Waals surface area (Å²) in [6, 6.07) is 3.56. The van der Waals surface area contributed by atoms with Crippen LogP contribution in [0.4, 0.5) is 0 Å². The van der Waals surface area contributed by atoms with Crippen molar-refractivity contribution in [3.8, 4) is 5.75 Å². The first-order valence-electron chi connectivity index (χ1n) is 7.97. The maximum absolute atomic E-state index is 5.60. The van der Waals surface area contributed by atoms with Crippen molar-refractivity contribution in [1.29, 1.82) is 0 Å². The number of hydrogen-bond acceptors (Lipinski definition) is 2. The minimum absolute atomic E-state index is 0.619. The summed E-state index contributed by atoms with van der Waals surface area (Å²) in [5.41, 5.74) is 5.86. The summed E-state index contributed by atoms with van der Waals surface area (Å²) in [4.78, 5) is 2.65. The summed E-state index contributed by atoms with van der Waals surface area (Å²) >= 11 is 0. The number of ether oxygens (including phenoxy) is 1. The minimum atomic E-state index is 0.619. The zero-order chi connectivity index (χ0) is 14.9. The molecule has 1 aromatic rings. The van der Waals surface area contributed by atoms with E-state index in [2.05, 4.69) is 45.6 Å². The molecule has 2 heteroatoms. The van der Waals surface area contributed by atoms with Crippen LogP contribution < -0.4 is 4.74 Å². The topological polar surface area (TPSA) is 12.5 Å². The highest BCUT2D eigenvalue weighted by Crippen LogP contribution is 2.35. The highest BCUT2D eigenvalue weighted by molar-refractivity contribution is 5.50. The second-order valence-corrected chi connectivity index (χ2v) is 6.16. The molecule has 0 radical (unpaired) electrons. The van der Waals surface area contributed by atoms with Gasteiger partial charge >= 0.3 is 0 Å². The first-order valence-corrected chi connectivity index (χ1v) is 7.97. The van der Waals surface area contributed by atoms with Crippen LogP contribution in [-0.2, 0) is 19.4 Å². The van der Waals surface area contributed by atoms with Crippen LogP contribution in [0, 0.1) is 6.92 Å². The predicted octanol–water partition coefficient (Wildman–Crippen LogP) is 4.11. The van der Waals surface area contributed by atoms with Crippen LogP contribution >= 0.6 is 0 Å². The molecule has 2 unspecified atom stereocenters. The van der Waals surface area contributed by atoms with E-state index in [1.165, 1.54) is 23.1 Å². The number of methoxy groups -OCH3 is 1. The van der Waals surface area contributed by atoms with Gasteiger partial charge in [0.15, 0.2) is 0 Å². The molecule has 0 aromatic heterocycles. The maximum atomic E-state index is 5.60. The lowest BCUT2D eigenvalue weighted by molar-refractivity contribution is 0.128. The first-order chi connectivity index (χ1) is 9.53. The number of rotatable bonds is 4. The van der Waals surface area contributed by atoms with Gasteiger partial charge in [0.05, 0.1) is 7.11 Å². The van der Waals surface area contributed by atoms with E-state index >= 15 is 0 Å². The molecule has 0 saturated heterocycles. The van der Waals surface area contributed by atoms with Crippen LogP contribution in [0.3, 0.4) is 0 Å². The first kappa shape index (κ1) is 15.4. The molecule has 1 aliphatic heterocycles. The van der Waals surface area contributed by atoms with Crippen molar-refractivity contribution in [1.82, 2.24) is 4.90 Å². The molecule has 0 fully saturated rings. The van der Waals surface area contributed by atoms with E-state index in [9.17, 15) is 0 Å². The van der Waals surface area contributed by atoms with E-state index in [1.807, 2.05) is 0 Å². The summed E-state index contributed by atoms with van der Waals surface area (Å²) < 4.78 is 5.60. The molecule has 0 spiro atoms. The molecule has 1 aliphatic rings. The quantitative estimate of drug-likeness (QED) is 0.820. The number of hydrogen-bond donors (Lipinski definition) is 0. The van der Waals surface area contributed by atoms with E-state index in [-0.39, 0.29) is 0 Å². The molecular formula is C18H29NO. The van der Waals surface area contributed by atoms with Gasteiger partial charge in [-0.15, -0.1) is 0 Å². The van der Waals surface area contributed by atoms with E-state index < -0.39 is 0 Å². The molecule has 112 valence electrons. The number of benzene rings is 1. The van der Waals surface area contributed by atoms with E-state index in [1.54, 1.807) is 12.7 Å².